The third-order valence-electron chi connectivity index (χ3n) is 11.7. The molecule has 4 heteroatoms. The van der Waals surface area contributed by atoms with E-state index in [0.717, 1.165) is 56.1 Å². The van der Waals surface area contributed by atoms with Crippen LogP contribution in [-0.4, -0.2) is 33.2 Å². The summed E-state index contributed by atoms with van der Waals surface area (Å²) in [5.41, 5.74) is 4.58. The zero-order valence-corrected chi connectivity index (χ0v) is 21.9. The molecule has 0 bridgehead atoms. The monoisotopic (exact) mass is 495 g/mol. The van der Waals surface area contributed by atoms with Crippen LogP contribution in [0.1, 0.15) is 69.9 Å². The van der Waals surface area contributed by atoms with E-state index in [2.05, 4.69) is 43.1 Å². The van der Waals surface area contributed by atoms with E-state index < -0.39 is 11.0 Å². The summed E-state index contributed by atoms with van der Waals surface area (Å²) < 4.78 is 0. The maximum atomic E-state index is 13.7. The molecule has 5 aliphatic rings. The third-order valence-corrected chi connectivity index (χ3v) is 11.7. The van der Waals surface area contributed by atoms with E-state index in [1.54, 1.807) is 12.3 Å². The molecular formula is C33H37NO3. The van der Waals surface area contributed by atoms with Gasteiger partial charge in [0.05, 0.1) is 17.6 Å². The Morgan fingerprint density at radius 1 is 1.05 bits per heavy atom. The SMILES string of the molecule is C[C@]12CC3(C(=O)C=C1CC[C@@H]1[C@@H]2CC[C@@]2(C)[C@H]1CC[C@@]2(O)/C=C\CO)c1ccc(-c2cccnc2)cc13. The molecule has 2 aromatic rings. The maximum Gasteiger partial charge on any atom is 0.170 e. The Hall–Kier alpha value is -2.56. The van der Waals surface area contributed by atoms with E-state index in [0.29, 0.717) is 17.8 Å². The second kappa shape index (κ2) is 7.74. The number of allylic oxidation sites excluding steroid dienone is 1. The number of ketones is 1. The number of hydrogen-bond donors (Lipinski definition) is 2. The number of benzene rings is 1. The highest BCUT2D eigenvalue weighted by Gasteiger charge is 2.67. The summed E-state index contributed by atoms with van der Waals surface area (Å²) in [6.45, 7) is 4.71. The standard InChI is InChI=1S/C33H37NO3/c1-30-20-33(27-9-6-21(17-28(27)33)22-5-3-15-34-19-22)29(36)18-23(30)7-8-24-25(30)10-13-31(2)26(24)11-14-32(31,37)12-4-16-35/h3-6,9,12,15,17-19,24-26,35,37H,7-8,10-11,13-14,16,20H2,1-2H3/b12-4-/t24-,25+,26+,30+,31+,32+,33?/m1/s1. The Morgan fingerprint density at radius 3 is 2.68 bits per heavy atom. The molecule has 7 rings (SSSR count). The van der Waals surface area contributed by atoms with Crippen molar-refractivity contribution in [2.24, 2.45) is 28.6 Å². The fraction of sp³-hybridized carbons (Fsp3) is 0.515. The number of aliphatic hydroxyl groups excluding tert-OH is 1. The van der Waals surface area contributed by atoms with Crippen LogP contribution in [0.4, 0.5) is 0 Å². The van der Waals surface area contributed by atoms with Crippen molar-refractivity contribution in [1.82, 2.24) is 4.98 Å². The average molecular weight is 496 g/mol. The lowest BCUT2D eigenvalue weighted by Gasteiger charge is -2.59. The summed E-state index contributed by atoms with van der Waals surface area (Å²) in [6.07, 6.45) is 16.2. The third kappa shape index (κ3) is 2.97. The number of fused-ring (bicyclic) bond motifs is 8. The smallest absolute Gasteiger partial charge is 0.170 e. The summed E-state index contributed by atoms with van der Waals surface area (Å²) in [5.74, 6) is 1.86. The molecule has 0 aliphatic heterocycles. The summed E-state index contributed by atoms with van der Waals surface area (Å²) in [7, 11) is 0. The lowest BCUT2D eigenvalue weighted by atomic mass is 9.45. The predicted octanol–water partition coefficient (Wildman–Crippen LogP) is 5.77. The molecule has 4 nitrogen and oxygen atoms in total. The van der Waals surface area contributed by atoms with Crippen molar-refractivity contribution in [2.45, 2.75) is 69.8 Å². The first kappa shape index (κ1) is 23.5. The van der Waals surface area contributed by atoms with Crippen molar-refractivity contribution in [3.05, 3.63) is 77.7 Å². The first-order valence-corrected chi connectivity index (χ1v) is 14.1. The minimum absolute atomic E-state index is 0.00723. The Morgan fingerprint density at radius 2 is 1.89 bits per heavy atom. The molecule has 7 atom stereocenters. The molecule has 192 valence electrons. The van der Waals surface area contributed by atoms with E-state index in [-0.39, 0.29) is 23.2 Å². The van der Waals surface area contributed by atoms with Gasteiger partial charge in [0.2, 0.25) is 0 Å². The Labute approximate surface area is 219 Å². The van der Waals surface area contributed by atoms with Crippen LogP contribution in [0.15, 0.2) is 66.5 Å². The first-order chi connectivity index (χ1) is 17.8. The lowest BCUT2D eigenvalue weighted by Crippen LogP contribution is -2.55. The van der Waals surface area contributed by atoms with Gasteiger partial charge in [0, 0.05) is 17.8 Å². The van der Waals surface area contributed by atoms with E-state index in [9.17, 15) is 15.0 Å². The van der Waals surface area contributed by atoms with Gasteiger partial charge in [0.1, 0.15) is 0 Å². The normalized spacial score (nSPS) is 41.7. The number of carbonyl (C=O) groups excluding carboxylic acids is 1. The van der Waals surface area contributed by atoms with Gasteiger partial charge in [-0.25, -0.2) is 0 Å². The number of nitrogens with zero attached hydrogens (tertiary/aromatic N) is 1. The molecule has 1 unspecified atom stereocenters. The molecule has 5 aliphatic carbocycles. The van der Waals surface area contributed by atoms with Gasteiger partial charge in [-0.3, -0.25) is 9.78 Å². The van der Waals surface area contributed by atoms with E-state index >= 15 is 0 Å². The molecule has 0 amide bonds. The first-order valence-electron chi connectivity index (χ1n) is 14.1. The van der Waals surface area contributed by atoms with Gasteiger partial charge in [-0.05, 0) is 109 Å². The highest BCUT2D eigenvalue weighted by atomic mass is 16.3. The van der Waals surface area contributed by atoms with Crippen LogP contribution >= 0.6 is 0 Å². The number of carbonyl (C=O) groups is 1. The molecule has 1 aromatic carbocycles. The zero-order valence-electron chi connectivity index (χ0n) is 21.9. The Balaban J connectivity index is 1.22. The van der Waals surface area contributed by atoms with Crippen LogP contribution in [0.3, 0.4) is 0 Å². The molecular weight excluding hydrogens is 458 g/mol. The van der Waals surface area contributed by atoms with Gasteiger partial charge in [0.25, 0.3) is 0 Å². The van der Waals surface area contributed by atoms with Crippen molar-refractivity contribution in [3.63, 3.8) is 0 Å². The van der Waals surface area contributed by atoms with Gasteiger partial charge in [-0.1, -0.05) is 49.8 Å². The number of aromatic nitrogens is 1. The van der Waals surface area contributed by atoms with Gasteiger partial charge in [0.15, 0.2) is 5.78 Å². The minimum Gasteiger partial charge on any atom is -0.392 e. The van der Waals surface area contributed by atoms with Crippen LogP contribution in [0, 0.1) is 28.6 Å². The number of pyridine rings is 1. The van der Waals surface area contributed by atoms with Crippen LogP contribution in [0.2, 0.25) is 0 Å². The summed E-state index contributed by atoms with van der Waals surface area (Å²) in [5, 5.41) is 21.0. The van der Waals surface area contributed by atoms with E-state index in [1.165, 1.54) is 16.7 Å². The van der Waals surface area contributed by atoms with Gasteiger partial charge in [-0.15, -0.1) is 0 Å². The van der Waals surface area contributed by atoms with Crippen LogP contribution in [-0.2, 0) is 10.2 Å². The molecule has 1 heterocycles. The fourth-order valence-corrected chi connectivity index (χ4v) is 9.64. The highest BCUT2D eigenvalue weighted by Crippen LogP contribution is 2.71. The molecule has 1 spiro atoms. The zero-order chi connectivity index (χ0) is 25.6. The van der Waals surface area contributed by atoms with E-state index in [1.807, 2.05) is 24.4 Å². The molecule has 3 saturated carbocycles. The number of hydrogen-bond acceptors (Lipinski definition) is 4. The van der Waals surface area contributed by atoms with Crippen LogP contribution in [0.5, 0.6) is 0 Å². The van der Waals surface area contributed by atoms with Crippen molar-refractivity contribution in [3.8, 4) is 11.1 Å². The largest absolute Gasteiger partial charge is 0.392 e. The second-order valence-electron chi connectivity index (χ2n) is 13.0. The fourth-order valence-electron chi connectivity index (χ4n) is 9.64. The second-order valence-corrected chi connectivity index (χ2v) is 13.0. The van der Waals surface area contributed by atoms with Gasteiger partial charge < -0.3 is 10.2 Å². The lowest BCUT2D eigenvalue weighted by molar-refractivity contribution is -0.124. The van der Waals surface area contributed by atoms with Crippen molar-refractivity contribution < 1.29 is 15.0 Å². The highest BCUT2D eigenvalue weighted by molar-refractivity contribution is 6.09. The topological polar surface area (TPSA) is 70.4 Å². The van der Waals surface area contributed by atoms with Crippen LogP contribution < -0.4 is 0 Å². The molecule has 3 fully saturated rings. The van der Waals surface area contributed by atoms with Crippen molar-refractivity contribution >= 4 is 5.78 Å². The number of rotatable bonds is 3. The number of aliphatic hydroxyl groups is 2. The predicted molar refractivity (Wildman–Crippen MR) is 144 cm³/mol. The minimum atomic E-state index is -0.832. The molecule has 0 radical (unpaired) electrons. The van der Waals surface area contributed by atoms with Gasteiger partial charge in [-0.2, -0.15) is 0 Å². The summed E-state index contributed by atoms with van der Waals surface area (Å²) in [6, 6.07) is 10.6. The van der Waals surface area contributed by atoms with E-state index in [4.69, 9.17) is 0 Å². The quantitative estimate of drug-likeness (QED) is 0.531. The van der Waals surface area contributed by atoms with Crippen molar-refractivity contribution in [1.29, 1.82) is 0 Å². The summed E-state index contributed by atoms with van der Waals surface area (Å²) >= 11 is 0. The molecule has 1 aromatic heterocycles. The Bertz CT molecular complexity index is 1350. The molecule has 0 saturated heterocycles. The maximum absolute atomic E-state index is 13.7. The summed E-state index contributed by atoms with van der Waals surface area (Å²) in [4.78, 5) is 18.0. The van der Waals surface area contributed by atoms with Crippen molar-refractivity contribution in [2.75, 3.05) is 6.61 Å². The Kier molecular flexibility index (Phi) is 4.92. The average Bonchev–Trinajstić information content (AvgIpc) is 3.44. The van der Waals surface area contributed by atoms with Gasteiger partial charge >= 0.3 is 0 Å². The molecule has 2 N–H and O–H groups in total. The molecule has 37 heavy (non-hydrogen) atoms. The van der Waals surface area contributed by atoms with Crippen LogP contribution in [0.25, 0.3) is 11.1 Å².